The summed E-state index contributed by atoms with van der Waals surface area (Å²) in [5.41, 5.74) is 7.80. The Morgan fingerprint density at radius 1 is 1.27 bits per heavy atom. The molecule has 1 aliphatic carbocycles. The predicted molar refractivity (Wildman–Crippen MR) is 118 cm³/mol. The number of aryl methyl sites for hydroxylation is 1. The van der Waals surface area contributed by atoms with E-state index < -0.39 is 0 Å². The van der Waals surface area contributed by atoms with E-state index >= 15 is 0 Å². The van der Waals surface area contributed by atoms with Crippen LogP contribution < -0.4 is 16.4 Å². The number of anilines is 1. The molecule has 1 fully saturated rings. The SMILES string of the molecule is CCCCn1nnnc1C(NCC1CCCC(CN)C1)c1ccc(NC(C)=O)cc1. The van der Waals surface area contributed by atoms with Gasteiger partial charge in [0.25, 0.3) is 0 Å². The van der Waals surface area contributed by atoms with Gasteiger partial charge in [-0.05, 0) is 78.7 Å². The van der Waals surface area contributed by atoms with E-state index in [2.05, 4.69) is 33.1 Å². The van der Waals surface area contributed by atoms with Crippen molar-refractivity contribution in [3.05, 3.63) is 35.7 Å². The zero-order valence-corrected chi connectivity index (χ0v) is 18.2. The Hall–Kier alpha value is -2.32. The molecule has 0 radical (unpaired) electrons. The minimum absolute atomic E-state index is 0.0762. The summed E-state index contributed by atoms with van der Waals surface area (Å²) in [7, 11) is 0. The van der Waals surface area contributed by atoms with E-state index in [0.717, 1.165) is 49.6 Å². The molecule has 0 spiro atoms. The van der Waals surface area contributed by atoms with Gasteiger partial charge in [0.05, 0.1) is 6.04 Å². The van der Waals surface area contributed by atoms with Gasteiger partial charge in [-0.1, -0.05) is 31.9 Å². The number of nitrogens with two attached hydrogens (primary N) is 1. The maximum absolute atomic E-state index is 11.3. The number of amides is 1. The van der Waals surface area contributed by atoms with Crippen LogP contribution in [-0.4, -0.2) is 39.2 Å². The van der Waals surface area contributed by atoms with Crippen molar-refractivity contribution in [3.8, 4) is 0 Å². The Morgan fingerprint density at radius 2 is 2.03 bits per heavy atom. The molecule has 0 aliphatic heterocycles. The second-order valence-electron chi connectivity index (χ2n) is 8.39. The van der Waals surface area contributed by atoms with Gasteiger partial charge in [-0.25, -0.2) is 4.68 Å². The molecule has 164 valence electrons. The Bertz CT molecular complexity index is 789. The van der Waals surface area contributed by atoms with Crippen LogP contribution in [0.1, 0.15) is 69.8 Å². The number of rotatable bonds is 10. The number of hydrogen-bond acceptors (Lipinski definition) is 6. The maximum Gasteiger partial charge on any atom is 0.221 e. The number of carbonyl (C=O) groups excluding carboxylic acids is 1. The first-order valence-corrected chi connectivity index (χ1v) is 11.2. The van der Waals surface area contributed by atoms with Crippen LogP contribution in [0.4, 0.5) is 5.69 Å². The zero-order valence-electron chi connectivity index (χ0n) is 18.2. The summed E-state index contributed by atoms with van der Waals surface area (Å²) in [4.78, 5) is 11.3. The zero-order chi connectivity index (χ0) is 21.3. The lowest BCUT2D eigenvalue weighted by molar-refractivity contribution is -0.114. The van der Waals surface area contributed by atoms with Gasteiger partial charge >= 0.3 is 0 Å². The molecule has 8 nitrogen and oxygen atoms in total. The quantitative estimate of drug-likeness (QED) is 0.552. The fraction of sp³-hybridized carbons (Fsp3) is 0.636. The topological polar surface area (TPSA) is 111 Å². The largest absolute Gasteiger partial charge is 0.330 e. The number of nitrogens with one attached hydrogen (secondary N) is 2. The number of nitrogens with zero attached hydrogens (tertiary/aromatic N) is 4. The molecule has 2 aromatic rings. The summed E-state index contributed by atoms with van der Waals surface area (Å²) in [5.74, 6) is 2.01. The van der Waals surface area contributed by atoms with Crippen molar-refractivity contribution in [1.82, 2.24) is 25.5 Å². The van der Waals surface area contributed by atoms with Crippen LogP contribution in [-0.2, 0) is 11.3 Å². The van der Waals surface area contributed by atoms with Crippen LogP contribution in [0.3, 0.4) is 0 Å². The average molecular weight is 414 g/mol. The fourth-order valence-electron chi connectivity index (χ4n) is 4.29. The summed E-state index contributed by atoms with van der Waals surface area (Å²) < 4.78 is 1.91. The van der Waals surface area contributed by atoms with Gasteiger partial charge in [-0.15, -0.1) is 5.10 Å². The highest BCUT2D eigenvalue weighted by Gasteiger charge is 2.25. The molecule has 3 rings (SSSR count). The molecular formula is C22H35N7O. The number of benzene rings is 1. The number of hydrogen-bond donors (Lipinski definition) is 3. The van der Waals surface area contributed by atoms with Crippen LogP contribution in [0, 0.1) is 11.8 Å². The first-order chi connectivity index (χ1) is 14.6. The molecule has 1 amide bonds. The molecule has 1 saturated carbocycles. The molecule has 30 heavy (non-hydrogen) atoms. The van der Waals surface area contributed by atoms with Crippen molar-refractivity contribution in [2.45, 2.75) is 65.0 Å². The fourth-order valence-corrected chi connectivity index (χ4v) is 4.29. The van der Waals surface area contributed by atoms with E-state index in [1.54, 1.807) is 0 Å². The van der Waals surface area contributed by atoms with E-state index in [4.69, 9.17) is 5.73 Å². The normalized spacial score (nSPS) is 20.1. The molecule has 1 heterocycles. The third-order valence-corrected chi connectivity index (χ3v) is 5.94. The summed E-state index contributed by atoms with van der Waals surface area (Å²) in [6.07, 6.45) is 7.03. The van der Waals surface area contributed by atoms with Gasteiger partial charge in [-0.2, -0.15) is 0 Å². The number of unbranched alkanes of at least 4 members (excludes halogenated alkanes) is 1. The molecule has 0 saturated heterocycles. The highest BCUT2D eigenvalue weighted by atomic mass is 16.1. The molecule has 1 aromatic heterocycles. The lowest BCUT2D eigenvalue weighted by Gasteiger charge is -2.30. The Balaban J connectivity index is 1.78. The van der Waals surface area contributed by atoms with Gasteiger partial charge in [0, 0.05) is 19.2 Å². The molecule has 1 aliphatic rings. The van der Waals surface area contributed by atoms with Crippen molar-refractivity contribution in [2.24, 2.45) is 17.6 Å². The summed E-state index contributed by atoms with van der Waals surface area (Å²) >= 11 is 0. The van der Waals surface area contributed by atoms with Crippen molar-refractivity contribution in [2.75, 3.05) is 18.4 Å². The minimum Gasteiger partial charge on any atom is -0.330 e. The second kappa shape index (κ2) is 11.2. The highest BCUT2D eigenvalue weighted by molar-refractivity contribution is 5.88. The van der Waals surface area contributed by atoms with Gasteiger partial charge in [0.1, 0.15) is 0 Å². The summed E-state index contributed by atoms with van der Waals surface area (Å²) in [5, 5.41) is 19.1. The van der Waals surface area contributed by atoms with Crippen LogP contribution in [0.25, 0.3) is 0 Å². The second-order valence-corrected chi connectivity index (χ2v) is 8.39. The average Bonchev–Trinajstić information content (AvgIpc) is 3.21. The molecule has 1 aromatic carbocycles. The van der Waals surface area contributed by atoms with Gasteiger partial charge in [-0.3, -0.25) is 4.79 Å². The molecule has 4 N–H and O–H groups in total. The third-order valence-electron chi connectivity index (χ3n) is 5.94. The van der Waals surface area contributed by atoms with Gasteiger partial charge in [0.2, 0.25) is 5.91 Å². The van der Waals surface area contributed by atoms with E-state index in [9.17, 15) is 4.79 Å². The number of carbonyl (C=O) groups is 1. The Morgan fingerprint density at radius 3 is 2.73 bits per heavy atom. The van der Waals surface area contributed by atoms with E-state index in [-0.39, 0.29) is 11.9 Å². The van der Waals surface area contributed by atoms with Crippen LogP contribution in [0.15, 0.2) is 24.3 Å². The van der Waals surface area contributed by atoms with E-state index in [1.807, 2.05) is 28.9 Å². The smallest absolute Gasteiger partial charge is 0.221 e. The van der Waals surface area contributed by atoms with Gasteiger partial charge in [0.15, 0.2) is 5.82 Å². The van der Waals surface area contributed by atoms with Crippen LogP contribution >= 0.6 is 0 Å². The maximum atomic E-state index is 11.3. The number of tetrazole rings is 1. The highest BCUT2D eigenvalue weighted by Crippen LogP contribution is 2.29. The Kier molecular flexibility index (Phi) is 8.33. The van der Waals surface area contributed by atoms with Crippen molar-refractivity contribution >= 4 is 11.6 Å². The summed E-state index contributed by atoms with van der Waals surface area (Å²) in [6, 6.07) is 7.82. The monoisotopic (exact) mass is 413 g/mol. The minimum atomic E-state index is -0.0958. The van der Waals surface area contributed by atoms with Crippen molar-refractivity contribution < 1.29 is 4.79 Å². The van der Waals surface area contributed by atoms with Crippen LogP contribution in [0.2, 0.25) is 0 Å². The van der Waals surface area contributed by atoms with Crippen LogP contribution in [0.5, 0.6) is 0 Å². The molecular weight excluding hydrogens is 378 g/mol. The molecule has 8 heteroatoms. The van der Waals surface area contributed by atoms with E-state index in [0.29, 0.717) is 11.8 Å². The van der Waals surface area contributed by atoms with Gasteiger partial charge < -0.3 is 16.4 Å². The van der Waals surface area contributed by atoms with Crippen molar-refractivity contribution in [3.63, 3.8) is 0 Å². The Labute approximate surface area is 179 Å². The first kappa shape index (κ1) is 22.4. The summed E-state index contributed by atoms with van der Waals surface area (Å²) in [6.45, 7) is 6.17. The predicted octanol–water partition coefficient (Wildman–Crippen LogP) is 2.88. The standard InChI is InChI=1S/C22H35N7O/c1-3-4-12-29-22(26-27-28-29)21(19-8-10-20(11-9-19)25-16(2)30)24-15-18-7-5-6-17(13-18)14-23/h8-11,17-18,21,24H,3-7,12-15,23H2,1-2H3,(H,25,30). The molecule has 3 unspecified atom stereocenters. The third kappa shape index (κ3) is 6.09. The molecule has 0 bridgehead atoms. The lowest BCUT2D eigenvalue weighted by Crippen LogP contribution is -2.33. The van der Waals surface area contributed by atoms with E-state index in [1.165, 1.54) is 32.6 Å². The number of aromatic nitrogens is 4. The van der Waals surface area contributed by atoms with Crippen molar-refractivity contribution in [1.29, 1.82) is 0 Å². The molecule has 3 atom stereocenters. The first-order valence-electron chi connectivity index (χ1n) is 11.2. The lowest BCUT2D eigenvalue weighted by atomic mass is 9.81.